The van der Waals surface area contributed by atoms with E-state index in [4.69, 9.17) is 0 Å². The highest BCUT2D eigenvalue weighted by Gasteiger charge is 2.21. The van der Waals surface area contributed by atoms with Crippen LogP contribution < -0.4 is 10.6 Å². The van der Waals surface area contributed by atoms with Crippen LogP contribution in [-0.2, 0) is 14.4 Å². The summed E-state index contributed by atoms with van der Waals surface area (Å²) in [4.78, 5) is 0.660. The average Bonchev–Trinajstić information content (AvgIpc) is 2.81. The van der Waals surface area contributed by atoms with Crippen LogP contribution in [0.4, 0.5) is 0 Å². The van der Waals surface area contributed by atoms with Crippen molar-refractivity contribution in [1.29, 1.82) is 0 Å². The molecular weight excluding hydrogens is 399 g/mol. The van der Waals surface area contributed by atoms with Crippen molar-refractivity contribution < 1.29 is 13.0 Å². The Hall–Kier alpha value is -3.07. The van der Waals surface area contributed by atoms with Crippen LogP contribution in [0.25, 0.3) is 0 Å². The molecule has 0 aliphatic carbocycles. The number of rotatable bonds is 4. The maximum absolute atomic E-state index is 12.0. The van der Waals surface area contributed by atoms with Crippen molar-refractivity contribution in [1.82, 2.24) is 0 Å². The summed E-state index contributed by atoms with van der Waals surface area (Å²) in [5, 5.41) is 1.77. The van der Waals surface area contributed by atoms with Crippen molar-refractivity contribution in [3.05, 3.63) is 121 Å². The van der Waals surface area contributed by atoms with Crippen molar-refractivity contribution in [2.24, 2.45) is 0 Å². The van der Waals surface area contributed by atoms with Crippen molar-refractivity contribution in [3.8, 4) is 0 Å². The van der Waals surface area contributed by atoms with Crippen molar-refractivity contribution in [2.45, 2.75) is 9.79 Å². The van der Waals surface area contributed by atoms with E-state index in [1.54, 1.807) is 60.7 Å². The Morgan fingerprint density at radius 3 is 1.03 bits per heavy atom. The number of hydrogen-bond acceptors (Lipinski definition) is 3. The maximum Gasteiger partial charge on any atom is 0.415 e. The van der Waals surface area contributed by atoms with Crippen LogP contribution in [-0.4, -0.2) is 8.42 Å². The molecular formula is C24H20O3PS+. The van der Waals surface area contributed by atoms with Gasteiger partial charge in [-0.3, -0.25) is 0 Å². The van der Waals surface area contributed by atoms with Gasteiger partial charge in [0.1, 0.15) is 0 Å². The predicted molar refractivity (Wildman–Crippen MR) is 118 cm³/mol. The molecule has 0 N–H and O–H groups in total. The Morgan fingerprint density at radius 2 is 0.724 bits per heavy atom. The summed E-state index contributed by atoms with van der Waals surface area (Å²) >= 11 is 0. The highest BCUT2D eigenvalue weighted by atomic mass is 32.2. The van der Waals surface area contributed by atoms with Crippen molar-refractivity contribution in [3.63, 3.8) is 0 Å². The number of hydrogen-bond donors (Lipinski definition) is 0. The highest BCUT2D eigenvalue weighted by molar-refractivity contribution is 7.91. The minimum Gasteiger partial charge on any atom is -0.219 e. The first-order valence-corrected chi connectivity index (χ1v) is 11.8. The Morgan fingerprint density at radius 1 is 0.448 bits per heavy atom. The van der Waals surface area contributed by atoms with Gasteiger partial charge in [-0.15, -0.1) is 0 Å². The van der Waals surface area contributed by atoms with Gasteiger partial charge in [0.2, 0.25) is 9.84 Å². The molecule has 4 aromatic carbocycles. The zero-order chi connectivity index (χ0) is 20.5. The largest absolute Gasteiger partial charge is 0.415 e. The topological polar surface area (TPSA) is 51.2 Å². The van der Waals surface area contributed by atoms with E-state index in [1.165, 1.54) is 0 Å². The van der Waals surface area contributed by atoms with Crippen LogP contribution in [0, 0.1) is 0 Å². The zero-order valence-corrected chi connectivity index (χ0v) is 17.3. The molecule has 0 unspecified atom stereocenters. The van der Waals surface area contributed by atoms with E-state index < -0.39 is 17.6 Å². The average molecular weight is 419 g/mol. The first-order valence-electron chi connectivity index (χ1n) is 9.01. The summed E-state index contributed by atoms with van der Waals surface area (Å²) < 4.78 is 36.1. The lowest BCUT2D eigenvalue weighted by Crippen LogP contribution is -2.04. The molecule has 4 aromatic rings. The van der Waals surface area contributed by atoms with Crippen LogP contribution in [0.2, 0.25) is 0 Å². The van der Waals surface area contributed by atoms with Gasteiger partial charge in [-0.05, 0) is 48.5 Å². The van der Waals surface area contributed by atoms with Crippen LogP contribution in [0.15, 0.2) is 131 Å². The summed E-state index contributed by atoms with van der Waals surface area (Å²) in [6, 6.07) is 35.9. The molecule has 5 heteroatoms. The molecule has 0 spiro atoms. The molecule has 0 amide bonds. The third-order valence-electron chi connectivity index (χ3n) is 4.09. The van der Waals surface area contributed by atoms with E-state index in [0.717, 1.165) is 10.6 Å². The highest BCUT2D eigenvalue weighted by Crippen LogP contribution is 2.19. The molecule has 3 nitrogen and oxygen atoms in total. The Bertz CT molecular complexity index is 1060. The zero-order valence-electron chi connectivity index (χ0n) is 15.6. The molecule has 4 rings (SSSR count). The second kappa shape index (κ2) is 9.92. The van der Waals surface area contributed by atoms with E-state index in [1.807, 2.05) is 60.7 Å². The van der Waals surface area contributed by atoms with E-state index in [9.17, 15) is 13.0 Å². The molecule has 0 aromatic heterocycles. The summed E-state index contributed by atoms with van der Waals surface area (Å²) in [7, 11) is -4.76. The second-order valence-electron chi connectivity index (χ2n) is 6.10. The van der Waals surface area contributed by atoms with Gasteiger partial charge in [0.25, 0.3) is 0 Å². The lowest BCUT2D eigenvalue weighted by atomic mass is 10.4. The molecule has 0 aliphatic heterocycles. The van der Waals surface area contributed by atoms with Gasteiger partial charge >= 0.3 is 7.80 Å². The third kappa shape index (κ3) is 5.47. The summed E-state index contributed by atoms with van der Waals surface area (Å²) in [6.45, 7) is 0. The molecule has 0 fully saturated rings. The van der Waals surface area contributed by atoms with Gasteiger partial charge in [-0.25, -0.2) is 8.42 Å². The maximum atomic E-state index is 12.0. The quantitative estimate of drug-likeness (QED) is 0.438. The molecule has 0 radical (unpaired) electrons. The minimum absolute atomic E-state index is 0.330. The monoisotopic (exact) mass is 419 g/mol. The molecule has 0 saturated heterocycles. The van der Waals surface area contributed by atoms with E-state index in [0.29, 0.717) is 9.79 Å². The Balaban J connectivity index is 0.000000166. The van der Waals surface area contributed by atoms with Gasteiger partial charge in [0.15, 0.2) is 10.6 Å². The van der Waals surface area contributed by atoms with Crippen LogP contribution in [0.5, 0.6) is 0 Å². The van der Waals surface area contributed by atoms with Crippen molar-refractivity contribution in [2.75, 3.05) is 0 Å². The van der Waals surface area contributed by atoms with Gasteiger partial charge in [-0.2, -0.15) is 0 Å². The second-order valence-corrected chi connectivity index (χ2v) is 9.67. The molecule has 0 saturated carbocycles. The van der Waals surface area contributed by atoms with Crippen LogP contribution in [0.1, 0.15) is 0 Å². The SMILES string of the molecule is O=S(=O)(c1ccccc1)c1ccccc1.O=[P+](c1ccccc1)c1ccccc1. The van der Waals surface area contributed by atoms with Crippen molar-refractivity contribution >= 4 is 28.2 Å². The molecule has 0 atom stereocenters. The summed E-state index contributed by atoms with van der Waals surface area (Å²) in [5.74, 6) is 0. The fourth-order valence-corrected chi connectivity index (χ4v) is 5.10. The lowest BCUT2D eigenvalue weighted by Gasteiger charge is -2.03. The van der Waals surface area contributed by atoms with Crippen LogP contribution >= 0.6 is 7.80 Å². The van der Waals surface area contributed by atoms with E-state index in [-0.39, 0.29) is 0 Å². The lowest BCUT2D eigenvalue weighted by molar-refractivity contribution is 0.595. The number of benzene rings is 4. The molecule has 0 aliphatic rings. The van der Waals surface area contributed by atoms with Gasteiger partial charge in [-0.1, -0.05) is 77.4 Å². The fraction of sp³-hybridized carbons (Fsp3) is 0. The molecule has 0 bridgehead atoms. The molecule has 0 heterocycles. The van der Waals surface area contributed by atoms with E-state index in [2.05, 4.69) is 0 Å². The predicted octanol–water partition coefficient (Wildman–Crippen LogP) is 4.98. The first kappa shape index (κ1) is 20.7. The summed E-state index contributed by atoms with van der Waals surface area (Å²) in [5.41, 5.74) is 0. The van der Waals surface area contributed by atoms with Gasteiger partial charge < -0.3 is 0 Å². The Kier molecular flexibility index (Phi) is 7.07. The fourth-order valence-electron chi connectivity index (χ4n) is 2.61. The number of sulfone groups is 1. The molecule has 29 heavy (non-hydrogen) atoms. The Labute approximate surface area is 172 Å². The molecule has 144 valence electrons. The van der Waals surface area contributed by atoms with Gasteiger partial charge in [0.05, 0.1) is 9.79 Å². The van der Waals surface area contributed by atoms with Crippen LogP contribution in [0.3, 0.4) is 0 Å². The standard InChI is InChI=1S/C12H10O2S.C12H10OP/c13-15(14,11-7-3-1-4-8-11)12-9-5-2-6-10-12;13-14(11-7-3-1-4-8-11)12-9-5-2-6-10-12/h1-10H;1-10H/q;+1. The summed E-state index contributed by atoms with van der Waals surface area (Å²) in [6.07, 6.45) is 0. The minimum atomic E-state index is -3.34. The smallest absolute Gasteiger partial charge is 0.219 e. The van der Waals surface area contributed by atoms with E-state index >= 15 is 0 Å². The first-order chi connectivity index (χ1) is 14.1. The normalized spacial score (nSPS) is 10.5. The third-order valence-corrected chi connectivity index (χ3v) is 7.41. The van der Waals surface area contributed by atoms with Gasteiger partial charge in [0, 0.05) is 0 Å².